The van der Waals surface area contributed by atoms with Gasteiger partial charge in [-0.25, -0.2) is 10.1 Å². The number of hydrogen-bond donors (Lipinski definition) is 0. The second kappa shape index (κ2) is 13.4. The average molecular weight is 375 g/mol. The monoisotopic (exact) mass is 374 g/mol. The van der Waals surface area contributed by atoms with Gasteiger partial charge in [-0.2, -0.15) is 10.5 Å². The summed E-state index contributed by atoms with van der Waals surface area (Å²) in [5.41, 5.74) is 1.40. The molecule has 2 atom stereocenters. The zero-order chi connectivity index (χ0) is 20.8. The van der Waals surface area contributed by atoms with E-state index in [2.05, 4.69) is 17.8 Å². The predicted molar refractivity (Wildman–Crippen MR) is 111 cm³/mol. The summed E-state index contributed by atoms with van der Waals surface area (Å²) in [4.78, 5) is 3.45. The fourth-order valence-electron chi connectivity index (χ4n) is 4.15. The molecule has 2 unspecified atom stereocenters. The van der Waals surface area contributed by atoms with Gasteiger partial charge in [-0.05, 0) is 49.2 Å². The van der Waals surface area contributed by atoms with Crippen molar-refractivity contribution in [3.8, 4) is 18.2 Å². The quantitative estimate of drug-likeness (QED) is 0.139. The average Bonchev–Trinajstić information content (AvgIpc) is 3.16. The Hall–Kier alpha value is -2.82. The maximum absolute atomic E-state index is 9.59. The molecule has 1 fully saturated rings. The van der Waals surface area contributed by atoms with Gasteiger partial charge in [-0.3, -0.25) is 0 Å². The van der Waals surface area contributed by atoms with Gasteiger partial charge in [-0.1, -0.05) is 64.0 Å². The molecule has 0 radical (unpaired) electrons. The van der Waals surface area contributed by atoms with E-state index in [1.807, 2.05) is 31.2 Å². The number of allylic oxidation sites excluding steroid dienone is 6. The highest BCUT2D eigenvalue weighted by molar-refractivity contribution is 5.55. The predicted octanol–water partition coefficient (Wildman–Crippen LogP) is 6.77. The number of rotatable bonds is 10. The summed E-state index contributed by atoms with van der Waals surface area (Å²) >= 11 is 0. The topological polar surface area (TPSA) is 75.7 Å². The minimum absolute atomic E-state index is 0.0330. The summed E-state index contributed by atoms with van der Waals surface area (Å²) in [6.07, 6.45) is 14.3. The number of unbranched alkanes of at least 4 members (excludes halogenated alkanes) is 5. The molecule has 0 aromatic rings. The lowest BCUT2D eigenvalue weighted by Gasteiger charge is -2.23. The summed E-state index contributed by atoms with van der Waals surface area (Å²) < 4.78 is 0. The van der Waals surface area contributed by atoms with E-state index in [1.54, 1.807) is 0 Å². The molecule has 0 aromatic heterocycles. The van der Waals surface area contributed by atoms with E-state index in [4.69, 9.17) is 6.57 Å². The molecule has 0 N–H and O–H groups in total. The van der Waals surface area contributed by atoms with Crippen LogP contribution in [0.25, 0.3) is 4.85 Å². The van der Waals surface area contributed by atoms with Crippen molar-refractivity contribution in [2.75, 3.05) is 0 Å². The maximum atomic E-state index is 9.59. The van der Waals surface area contributed by atoms with Crippen LogP contribution in [-0.2, 0) is 0 Å². The highest BCUT2D eigenvalue weighted by atomic mass is 14.7. The molecule has 0 amide bonds. The molecule has 28 heavy (non-hydrogen) atoms. The zero-order valence-corrected chi connectivity index (χ0v) is 17.2. The lowest BCUT2D eigenvalue weighted by molar-refractivity contribution is 0.524. The standard InChI is InChI=1S/C24H30N4/c1-4-6-7-8-9-10-14-22(23(18-27)28-3)24(20(16-25)17-26)21-15-11-13-19(21)12-5-2/h5,12,19,21H,4,6-11,13-15H2,1-2H3/b12-5?,23-22+. The third-order valence-corrected chi connectivity index (χ3v) is 5.48. The largest absolute Gasteiger partial charge is 0.265 e. The zero-order valence-electron chi connectivity index (χ0n) is 17.2. The van der Waals surface area contributed by atoms with Crippen LogP contribution in [0.4, 0.5) is 0 Å². The van der Waals surface area contributed by atoms with Crippen LogP contribution in [0.3, 0.4) is 0 Å². The Morgan fingerprint density at radius 2 is 1.71 bits per heavy atom. The van der Waals surface area contributed by atoms with E-state index in [1.165, 1.54) is 19.3 Å². The molecule has 0 bridgehead atoms. The van der Waals surface area contributed by atoms with Crippen LogP contribution in [0.15, 0.2) is 34.6 Å². The summed E-state index contributed by atoms with van der Waals surface area (Å²) in [6.45, 7) is 11.6. The molecule has 146 valence electrons. The highest BCUT2D eigenvalue weighted by Gasteiger charge is 2.33. The Labute approximate surface area is 170 Å². The van der Waals surface area contributed by atoms with Crippen molar-refractivity contribution >= 4 is 0 Å². The molecule has 1 saturated carbocycles. The van der Waals surface area contributed by atoms with E-state index in [0.717, 1.165) is 38.5 Å². The number of nitriles is 3. The molecule has 0 aliphatic heterocycles. The Balaban J connectivity index is 3.28. The van der Waals surface area contributed by atoms with Gasteiger partial charge in [0.25, 0.3) is 5.70 Å². The van der Waals surface area contributed by atoms with E-state index in [9.17, 15) is 15.8 Å². The van der Waals surface area contributed by atoms with E-state index < -0.39 is 0 Å². The fourth-order valence-corrected chi connectivity index (χ4v) is 4.15. The van der Waals surface area contributed by atoms with Crippen molar-refractivity contribution in [2.45, 2.75) is 78.1 Å². The van der Waals surface area contributed by atoms with E-state index in [-0.39, 0.29) is 23.1 Å². The molecule has 0 spiro atoms. The first kappa shape index (κ1) is 23.2. The molecule has 0 heterocycles. The van der Waals surface area contributed by atoms with E-state index >= 15 is 0 Å². The Morgan fingerprint density at radius 1 is 1.04 bits per heavy atom. The van der Waals surface area contributed by atoms with Crippen LogP contribution >= 0.6 is 0 Å². The Bertz CT molecular complexity index is 739. The van der Waals surface area contributed by atoms with Crippen molar-refractivity contribution in [1.82, 2.24) is 0 Å². The van der Waals surface area contributed by atoms with Gasteiger partial charge in [0, 0.05) is 0 Å². The van der Waals surface area contributed by atoms with Crippen molar-refractivity contribution in [1.29, 1.82) is 15.8 Å². The summed E-state index contributed by atoms with van der Waals surface area (Å²) in [7, 11) is 0. The normalized spacial score (nSPS) is 19.2. The molecule has 1 aliphatic rings. The minimum Gasteiger partial charge on any atom is -0.226 e. The minimum atomic E-state index is 0.0330. The molecule has 1 rings (SSSR count). The first-order valence-electron chi connectivity index (χ1n) is 10.4. The molecular weight excluding hydrogens is 344 g/mol. The number of hydrogen-bond acceptors (Lipinski definition) is 3. The van der Waals surface area contributed by atoms with Crippen LogP contribution in [-0.4, -0.2) is 0 Å². The molecule has 0 aromatic carbocycles. The van der Waals surface area contributed by atoms with Crippen molar-refractivity contribution < 1.29 is 0 Å². The van der Waals surface area contributed by atoms with Crippen LogP contribution < -0.4 is 0 Å². The maximum Gasteiger partial charge on any atom is 0.265 e. The molecule has 1 aliphatic carbocycles. The van der Waals surface area contributed by atoms with E-state index in [0.29, 0.717) is 17.6 Å². The Morgan fingerprint density at radius 3 is 2.29 bits per heavy atom. The molecule has 4 heteroatoms. The second-order valence-corrected chi connectivity index (χ2v) is 7.31. The van der Waals surface area contributed by atoms with Crippen molar-refractivity contribution in [3.63, 3.8) is 0 Å². The highest BCUT2D eigenvalue weighted by Crippen LogP contribution is 2.43. The van der Waals surface area contributed by atoms with Crippen LogP contribution in [0.1, 0.15) is 78.1 Å². The number of nitrogens with zero attached hydrogens (tertiary/aromatic N) is 4. The van der Waals surface area contributed by atoms with Gasteiger partial charge in [-0.15, -0.1) is 0 Å². The van der Waals surface area contributed by atoms with Gasteiger partial charge < -0.3 is 0 Å². The third kappa shape index (κ3) is 6.41. The lowest BCUT2D eigenvalue weighted by atomic mass is 9.79. The third-order valence-electron chi connectivity index (χ3n) is 5.48. The SMILES string of the molecule is [C-]#[N+]/C(C#N)=C(\CCCCCCCC)C(=C(C#N)C#N)C1CCCC1C=CC. The summed E-state index contributed by atoms with van der Waals surface area (Å²) in [6, 6.07) is 6.10. The van der Waals surface area contributed by atoms with Gasteiger partial charge >= 0.3 is 0 Å². The van der Waals surface area contributed by atoms with Crippen molar-refractivity contribution in [3.05, 3.63) is 46.0 Å². The smallest absolute Gasteiger partial charge is 0.226 e. The summed E-state index contributed by atoms with van der Waals surface area (Å²) in [5.74, 6) is 0.285. The van der Waals surface area contributed by atoms with Crippen LogP contribution in [0.2, 0.25) is 0 Å². The molecule has 0 saturated heterocycles. The molecular formula is C24H30N4. The van der Waals surface area contributed by atoms with Crippen molar-refractivity contribution in [2.24, 2.45) is 11.8 Å². The molecule has 4 nitrogen and oxygen atoms in total. The van der Waals surface area contributed by atoms with Crippen LogP contribution in [0.5, 0.6) is 0 Å². The van der Waals surface area contributed by atoms with Crippen LogP contribution in [0, 0.1) is 52.4 Å². The van der Waals surface area contributed by atoms with Gasteiger partial charge in [0.1, 0.15) is 17.7 Å². The fraction of sp³-hybridized carbons (Fsp3) is 0.583. The second-order valence-electron chi connectivity index (χ2n) is 7.31. The van der Waals surface area contributed by atoms with Gasteiger partial charge in [0.05, 0.1) is 12.6 Å². The lowest BCUT2D eigenvalue weighted by Crippen LogP contribution is -2.14. The van der Waals surface area contributed by atoms with Gasteiger partial charge in [0.15, 0.2) is 0 Å². The first-order chi connectivity index (χ1) is 13.7. The first-order valence-corrected chi connectivity index (χ1v) is 10.4. The summed E-state index contributed by atoms with van der Waals surface area (Å²) in [5, 5.41) is 28.7. The Kier molecular flexibility index (Phi) is 11.1. The van der Waals surface area contributed by atoms with Gasteiger partial charge in [0.2, 0.25) is 0 Å².